The summed E-state index contributed by atoms with van der Waals surface area (Å²) in [4.78, 5) is 0. The number of hydrogen-bond donors (Lipinski definition) is 0. The smallest absolute Gasteiger partial charge is 0.281 e. The molecule has 0 aromatic carbocycles. The third-order valence-electron chi connectivity index (χ3n) is 0.959. The van der Waals surface area contributed by atoms with Gasteiger partial charge in [0.25, 0.3) is 5.97 Å². The van der Waals surface area contributed by atoms with Gasteiger partial charge in [0.15, 0.2) is 0 Å². The van der Waals surface area contributed by atoms with Gasteiger partial charge in [-0.2, -0.15) is 0 Å². The Balaban J connectivity index is 5.19. The lowest BCUT2D eigenvalue weighted by atomic mass is 10.4. The van der Waals surface area contributed by atoms with E-state index in [1.54, 1.807) is 0 Å². The summed E-state index contributed by atoms with van der Waals surface area (Å²) in [6.45, 7) is -2.91. The fourth-order valence-electron chi connectivity index (χ4n) is 0.403. The Labute approximate surface area is 62.9 Å². The summed E-state index contributed by atoms with van der Waals surface area (Å²) in [5.41, 5.74) is 0. The Hall–Kier alpha value is -0.120. The van der Waals surface area contributed by atoms with Crippen LogP contribution in [0.5, 0.6) is 0 Å². The lowest BCUT2D eigenvalue weighted by Crippen LogP contribution is -2.34. The first-order valence-corrected chi connectivity index (χ1v) is 2.34. The predicted molar refractivity (Wildman–Crippen MR) is 34.0 cm³/mol. The Kier molecular flexibility index (Phi) is 1.41. The minimum Gasteiger partial charge on any atom is -0.331 e. The zero-order chi connectivity index (χ0) is 11.6. The zero-order valence-electron chi connectivity index (χ0n) is 10.7. The van der Waals surface area contributed by atoms with E-state index in [2.05, 4.69) is 14.2 Å². The van der Waals surface area contributed by atoms with E-state index >= 15 is 0 Å². The summed E-state index contributed by atoms with van der Waals surface area (Å²) >= 11 is 0. The van der Waals surface area contributed by atoms with E-state index in [4.69, 9.17) is 6.85 Å². The van der Waals surface area contributed by atoms with Gasteiger partial charge in [0.2, 0.25) is 0 Å². The molecule has 0 radical (unpaired) electrons. The normalized spacial score (nSPS) is 23.2. The Morgan fingerprint density at radius 1 is 1.33 bits per heavy atom. The van der Waals surface area contributed by atoms with Crippen molar-refractivity contribution in [1.82, 2.24) is 0 Å². The van der Waals surface area contributed by atoms with E-state index < -0.39 is 19.2 Å². The quantitative estimate of drug-likeness (QED) is 0.543. The van der Waals surface area contributed by atoms with Crippen LogP contribution in [0.1, 0.15) is 20.1 Å². The van der Waals surface area contributed by atoms with Crippen LogP contribution in [0.4, 0.5) is 0 Å². The van der Waals surface area contributed by atoms with Crippen LogP contribution >= 0.6 is 0 Å². The highest BCUT2D eigenvalue weighted by molar-refractivity contribution is 4.48. The van der Waals surface area contributed by atoms with Gasteiger partial charge < -0.3 is 14.2 Å². The van der Waals surface area contributed by atoms with Crippen molar-refractivity contribution in [1.29, 1.82) is 0 Å². The van der Waals surface area contributed by atoms with Crippen LogP contribution in [0.3, 0.4) is 0 Å². The maximum Gasteiger partial charge on any atom is 0.281 e. The maximum absolute atomic E-state index is 7.41. The summed E-state index contributed by atoms with van der Waals surface area (Å²) in [5.74, 6) is -2.22. The zero-order valence-corrected chi connectivity index (χ0v) is 5.72. The highest BCUT2D eigenvalue weighted by atomic mass is 16.9. The van der Waals surface area contributed by atoms with Gasteiger partial charge in [-0.3, -0.25) is 0 Å². The summed E-state index contributed by atoms with van der Waals surface area (Å²) in [6, 6.07) is 0. The molecule has 0 aliphatic rings. The van der Waals surface area contributed by atoms with E-state index in [1.165, 1.54) is 0 Å². The largest absolute Gasteiger partial charge is 0.331 e. The first-order chi connectivity index (χ1) is 6.18. The van der Waals surface area contributed by atoms with Crippen molar-refractivity contribution in [3.8, 4) is 0 Å². The molecule has 0 unspecified atom stereocenters. The number of hydrogen-bond acceptors (Lipinski definition) is 3. The first-order valence-electron chi connectivity index (χ1n) is 4.84. The van der Waals surface area contributed by atoms with Crippen LogP contribution in [0, 0.1) is 0 Å². The van der Waals surface area contributed by atoms with E-state index in [9.17, 15) is 0 Å². The molecule has 0 saturated heterocycles. The van der Waals surface area contributed by atoms with Crippen LogP contribution in [-0.2, 0) is 14.2 Å². The molecule has 0 saturated carbocycles. The van der Waals surface area contributed by atoms with E-state index in [0.717, 1.165) is 21.3 Å². The third-order valence-corrected chi connectivity index (χ3v) is 0.959. The molecule has 0 atom stereocenters. The average molecular weight is 139 g/mol. The van der Waals surface area contributed by atoms with Crippen molar-refractivity contribution in [3.05, 3.63) is 0 Å². The number of rotatable bonds is 4. The molecule has 0 spiro atoms. The molecule has 9 heavy (non-hydrogen) atoms. The average Bonchev–Trinajstić information content (AvgIpc) is 2.06. The second-order valence-corrected chi connectivity index (χ2v) is 1.29. The molecule has 0 aromatic rings. The standard InChI is InChI=1S/C6H14O3/c1-5-6(7-2,8-3)9-4/h5H2,1-4H3/i1D3,5D2. The molecular weight excluding hydrogens is 120 g/mol. The van der Waals surface area contributed by atoms with Crippen molar-refractivity contribution in [3.63, 3.8) is 0 Å². The number of methoxy groups -OCH3 is 3. The second kappa shape index (κ2) is 3.82. The van der Waals surface area contributed by atoms with Gasteiger partial charge >= 0.3 is 0 Å². The van der Waals surface area contributed by atoms with Crippen LogP contribution in [0.15, 0.2) is 0 Å². The van der Waals surface area contributed by atoms with Gasteiger partial charge in [0, 0.05) is 34.6 Å². The molecule has 3 heteroatoms. The minimum absolute atomic E-state index is 1.11. The highest BCUT2D eigenvalue weighted by Crippen LogP contribution is 2.15. The minimum atomic E-state index is -2.91. The van der Waals surface area contributed by atoms with Crippen molar-refractivity contribution in [2.45, 2.75) is 19.2 Å². The van der Waals surface area contributed by atoms with Gasteiger partial charge in [-0.05, 0) is 0 Å². The molecule has 0 aliphatic heterocycles. The van der Waals surface area contributed by atoms with Gasteiger partial charge in [-0.25, -0.2) is 0 Å². The van der Waals surface area contributed by atoms with Gasteiger partial charge in [-0.1, -0.05) is 6.85 Å². The molecule has 0 fully saturated rings. The van der Waals surface area contributed by atoms with Crippen LogP contribution in [-0.4, -0.2) is 27.3 Å². The van der Waals surface area contributed by atoms with Crippen LogP contribution in [0.2, 0.25) is 0 Å². The van der Waals surface area contributed by atoms with Crippen molar-refractivity contribution in [2.24, 2.45) is 0 Å². The first kappa shape index (κ1) is 3.32. The second-order valence-electron chi connectivity index (χ2n) is 1.29. The van der Waals surface area contributed by atoms with E-state index in [0.29, 0.717) is 0 Å². The van der Waals surface area contributed by atoms with Crippen molar-refractivity contribution >= 4 is 0 Å². The van der Waals surface area contributed by atoms with Crippen molar-refractivity contribution in [2.75, 3.05) is 21.3 Å². The molecule has 0 N–H and O–H groups in total. The Bertz CT molecular complexity index is 178. The molecule has 0 aromatic heterocycles. The molecule has 56 valence electrons. The molecule has 0 amide bonds. The van der Waals surface area contributed by atoms with E-state index in [1.807, 2.05) is 0 Å². The molecule has 0 rings (SSSR count). The topological polar surface area (TPSA) is 27.7 Å². The predicted octanol–water partition coefficient (Wildman–Crippen LogP) is 0.989. The van der Waals surface area contributed by atoms with Gasteiger partial charge in [0.1, 0.15) is 0 Å². The van der Waals surface area contributed by atoms with Crippen LogP contribution < -0.4 is 0 Å². The highest BCUT2D eigenvalue weighted by Gasteiger charge is 2.25. The summed E-state index contributed by atoms with van der Waals surface area (Å²) in [7, 11) is 3.32. The number of ether oxygens (including phenoxy) is 3. The summed E-state index contributed by atoms with van der Waals surface area (Å²) in [5, 5.41) is 0. The molecule has 0 heterocycles. The molecular formula is C6H14O3. The van der Waals surface area contributed by atoms with Crippen LogP contribution in [0.25, 0.3) is 0 Å². The van der Waals surface area contributed by atoms with E-state index in [-0.39, 0.29) is 0 Å². The molecule has 0 aliphatic carbocycles. The fraction of sp³-hybridized carbons (Fsp3) is 1.00. The van der Waals surface area contributed by atoms with Gasteiger partial charge in [-0.15, -0.1) is 0 Å². The molecule has 3 nitrogen and oxygen atoms in total. The Morgan fingerprint density at radius 2 is 1.78 bits per heavy atom. The summed E-state index contributed by atoms with van der Waals surface area (Å²) < 4.78 is 49.8. The van der Waals surface area contributed by atoms with Crippen molar-refractivity contribution < 1.29 is 21.1 Å². The lowest BCUT2D eigenvalue weighted by Gasteiger charge is -2.26. The summed E-state index contributed by atoms with van der Waals surface area (Å²) in [6.07, 6.45) is -2.77. The fourth-order valence-corrected chi connectivity index (χ4v) is 0.403. The third kappa shape index (κ3) is 1.93. The lowest BCUT2D eigenvalue weighted by molar-refractivity contribution is -0.352. The van der Waals surface area contributed by atoms with Gasteiger partial charge in [0.05, 0.1) is 0 Å². The monoisotopic (exact) mass is 139 g/mol. The SMILES string of the molecule is [2H]C([2H])([2H])C([2H])([2H])C(OC)(OC)OC. The molecule has 0 bridgehead atoms. The Morgan fingerprint density at radius 3 is 1.89 bits per heavy atom. The maximum atomic E-state index is 7.41.